The van der Waals surface area contributed by atoms with Crippen LogP contribution in [0.3, 0.4) is 0 Å². The van der Waals surface area contributed by atoms with Crippen LogP contribution in [0.2, 0.25) is 5.02 Å². The molecule has 0 atom stereocenters. The highest BCUT2D eigenvalue weighted by atomic mass is 35.5. The summed E-state index contributed by atoms with van der Waals surface area (Å²) in [6, 6.07) is 10.3. The maximum Gasteiger partial charge on any atom is 0.196 e. The highest BCUT2D eigenvalue weighted by Crippen LogP contribution is 2.25. The van der Waals surface area contributed by atoms with E-state index in [9.17, 15) is 4.79 Å². The first-order valence-corrected chi connectivity index (χ1v) is 6.14. The highest BCUT2D eigenvalue weighted by Gasteiger charge is 2.15. The van der Waals surface area contributed by atoms with Gasteiger partial charge in [-0.05, 0) is 37.3 Å². The zero-order valence-electron chi connectivity index (χ0n) is 10.7. The number of anilines is 1. The quantitative estimate of drug-likeness (QED) is 0.689. The predicted molar refractivity (Wildman–Crippen MR) is 77.0 cm³/mol. The van der Waals surface area contributed by atoms with Crippen molar-refractivity contribution in [1.82, 2.24) is 0 Å². The van der Waals surface area contributed by atoms with Gasteiger partial charge in [0.2, 0.25) is 0 Å². The van der Waals surface area contributed by atoms with Crippen molar-refractivity contribution in [3.63, 3.8) is 0 Å². The van der Waals surface area contributed by atoms with E-state index in [1.54, 1.807) is 30.3 Å². The van der Waals surface area contributed by atoms with Gasteiger partial charge < -0.3 is 10.5 Å². The topological polar surface area (TPSA) is 52.3 Å². The molecule has 0 amide bonds. The van der Waals surface area contributed by atoms with Crippen LogP contribution in [-0.4, -0.2) is 12.9 Å². The molecular formula is C15H14ClNO2. The number of benzene rings is 2. The lowest BCUT2D eigenvalue weighted by molar-refractivity contribution is 0.103. The smallest absolute Gasteiger partial charge is 0.196 e. The van der Waals surface area contributed by atoms with Crippen molar-refractivity contribution in [2.45, 2.75) is 6.92 Å². The lowest BCUT2D eigenvalue weighted by Gasteiger charge is -2.09. The molecule has 0 fully saturated rings. The molecule has 19 heavy (non-hydrogen) atoms. The number of carbonyl (C=O) groups is 1. The van der Waals surface area contributed by atoms with E-state index in [0.717, 1.165) is 5.56 Å². The molecule has 3 nitrogen and oxygen atoms in total. The fraction of sp³-hybridized carbons (Fsp3) is 0.133. The number of nitrogens with two attached hydrogens (primary N) is 1. The van der Waals surface area contributed by atoms with E-state index in [0.29, 0.717) is 27.6 Å². The number of hydrogen-bond donors (Lipinski definition) is 1. The third kappa shape index (κ3) is 2.88. The van der Waals surface area contributed by atoms with Gasteiger partial charge in [0.1, 0.15) is 5.75 Å². The second-order valence-electron chi connectivity index (χ2n) is 4.31. The Bertz CT molecular complexity index is 618. The van der Waals surface area contributed by atoms with E-state index in [2.05, 4.69) is 0 Å². The minimum absolute atomic E-state index is 0.158. The summed E-state index contributed by atoms with van der Waals surface area (Å²) < 4.78 is 5.22. The fourth-order valence-corrected chi connectivity index (χ4v) is 2.14. The Morgan fingerprint density at radius 2 is 1.95 bits per heavy atom. The van der Waals surface area contributed by atoms with Crippen LogP contribution < -0.4 is 10.5 Å². The molecule has 2 aromatic carbocycles. The molecule has 2 N–H and O–H groups in total. The molecule has 0 saturated heterocycles. The van der Waals surface area contributed by atoms with E-state index in [4.69, 9.17) is 22.1 Å². The summed E-state index contributed by atoms with van der Waals surface area (Å²) in [6.45, 7) is 1.92. The number of nitrogen functional groups attached to an aromatic ring is 1. The zero-order valence-corrected chi connectivity index (χ0v) is 11.5. The molecule has 0 bridgehead atoms. The summed E-state index contributed by atoms with van der Waals surface area (Å²) in [7, 11) is 1.54. The number of methoxy groups -OCH3 is 1. The second-order valence-corrected chi connectivity index (χ2v) is 4.74. The van der Waals surface area contributed by atoms with Crippen molar-refractivity contribution in [2.24, 2.45) is 0 Å². The molecule has 0 radical (unpaired) electrons. The predicted octanol–water partition coefficient (Wildman–Crippen LogP) is 3.47. The lowest BCUT2D eigenvalue weighted by Crippen LogP contribution is -2.05. The van der Waals surface area contributed by atoms with Crippen molar-refractivity contribution in [2.75, 3.05) is 12.8 Å². The maximum absolute atomic E-state index is 12.5. The van der Waals surface area contributed by atoms with Gasteiger partial charge in [0, 0.05) is 16.3 Å². The Morgan fingerprint density at radius 3 is 2.58 bits per heavy atom. The molecule has 0 saturated carbocycles. The molecule has 2 aromatic rings. The van der Waals surface area contributed by atoms with Crippen LogP contribution in [0.4, 0.5) is 5.69 Å². The van der Waals surface area contributed by atoms with Gasteiger partial charge in [-0.3, -0.25) is 4.79 Å². The van der Waals surface area contributed by atoms with Crippen LogP contribution in [0.5, 0.6) is 5.75 Å². The molecular weight excluding hydrogens is 262 g/mol. The molecule has 0 heterocycles. The largest absolute Gasteiger partial charge is 0.496 e. The summed E-state index contributed by atoms with van der Waals surface area (Å²) in [4.78, 5) is 12.5. The van der Waals surface area contributed by atoms with Crippen molar-refractivity contribution in [3.05, 3.63) is 58.1 Å². The third-order valence-electron chi connectivity index (χ3n) is 2.78. The van der Waals surface area contributed by atoms with Crippen molar-refractivity contribution in [1.29, 1.82) is 0 Å². The summed E-state index contributed by atoms with van der Waals surface area (Å²) in [5.41, 5.74) is 8.11. The van der Waals surface area contributed by atoms with Gasteiger partial charge in [0.15, 0.2) is 5.78 Å². The normalized spacial score (nSPS) is 10.3. The lowest BCUT2D eigenvalue weighted by atomic mass is 10.0. The number of aryl methyl sites for hydroxylation is 1. The summed E-state index contributed by atoms with van der Waals surface area (Å²) in [6.07, 6.45) is 0. The van der Waals surface area contributed by atoms with Crippen molar-refractivity contribution >= 4 is 23.1 Å². The molecule has 0 aliphatic heterocycles. The maximum atomic E-state index is 12.5. The zero-order chi connectivity index (χ0) is 14.0. The molecule has 4 heteroatoms. The van der Waals surface area contributed by atoms with E-state index < -0.39 is 0 Å². The van der Waals surface area contributed by atoms with E-state index in [-0.39, 0.29) is 5.78 Å². The summed E-state index contributed by atoms with van der Waals surface area (Å²) >= 11 is 5.92. The minimum Gasteiger partial charge on any atom is -0.496 e. The van der Waals surface area contributed by atoms with Gasteiger partial charge in [-0.2, -0.15) is 0 Å². The Kier molecular flexibility index (Phi) is 3.76. The first-order chi connectivity index (χ1) is 9.01. The van der Waals surface area contributed by atoms with Crippen LogP contribution in [0.1, 0.15) is 21.5 Å². The van der Waals surface area contributed by atoms with Crippen LogP contribution in [-0.2, 0) is 0 Å². The van der Waals surface area contributed by atoms with Crippen LogP contribution in [0, 0.1) is 6.92 Å². The standard InChI is InChI=1S/C15H14ClNO2/c1-9-3-4-14(19-2)13(5-9)15(18)10-6-11(16)8-12(17)7-10/h3-8H,17H2,1-2H3. The minimum atomic E-state index is -0.158. The van der Waals surface area contributed by atoms with Gasteiger partial charge in [-0.25, -0.2) is 0 Å². The number of ketones is 1. The van der Waals surface area contributed by atoms with Crippen LogP contribution in [0.15, 0.2) is 36.4 Å². The average Bonchev–Trinajstić information content (AvgIpc) is 2.36. The van der Waals surface area contributed by atoms with Crippen LogP contribution in [0.25, 0.3) is 0 Å². The molecule has 0 aliphatic carbocycles. The Hall–Kier alpha value is -2.00. The number of ether oxygens (including phenoxy) is 1. The van der Waals surface area contributed by atoms with Crippen molar-refractivity contribution in [3.8, 4) is 5.75 Å². The molecule has 0 spiro atoms. The van der Waals surface area contributed by atoms with E-state index in [1.165, 1.54) is 7.11 Å². The van der Waals surface area contributed by atoms with Gasteiger partial charge >= 0.3 is 0 Å². The van der Waals surface area contributed by atoms with Gasteiger partial charge in [0.05, 0.1) is 12.7 Å². The molecule has 2 rings (SSSR count). The number of hydrogen-bond acceptors (Lipinski definition) is 3. The first-order valence-electron chi connectivity index (χ1n) is 5.76. The van der Waals surface area contributed by atoms with Crippen LogP contribution >= 0.6 is 11.6 Å². The number of halogens is 1. The van der Waals surface area contributed by atoms with Gasteiger partial charge in [-0.1, -0.05) is 23.2 Å². The Labute approximate surface area is 117 Å². The highest BCUT2D eigenvalue weighted by molar-refractivity contribution is 6.31. The second kappa shape index (κ2) is 5.33. The SMILES string of the molecule is COc1ccc(C)cc1C(=O)c1cc(N)cc(Cl)c1. The summed E-state index contributed by atoms with van der Waals surface area (Å²) in [5.74, 6) is 0.379. The average molecular weight is 276 g/mol. The Balaban J connectivity index is 2.52. The van der Waals surface area contributed by atoms with Gasteiger partial charge in [0.25, 0.3) is 0 Å². The number of rotatable bonds is 3. The first kappa shape index (κ1) is 13.4. The third-order valence-corrected chi connectivity index (χ3v) is 3.00. The molecule has 0 aromatic heterocycles. The van der Waals surface area contributed by atoms with Gasteiger partial charge in [-0.15, -0.1) is 0 Å². The van der Waals surface area contributed by atoms with E-state index >= 15 is 0 Å². The van der Waals surface area contributed by atoms with E-state index in [1.807, 2.05) is 13.0 Å². The van der Waals surface area contributed by atoms with Crippen molar-refractivity contribution < 1.29 is 9.53 Å². The molecule has 98 valence electrons. The molecule has 0 unspecified atom stereocenters. The number of carbonyl (C=O) groups excluding carboxylic acids is 1. The summed E-state index contributed by atoms with van der Waals surface area (Å²) in [5, 5.41) is 0.440. The Morgan fingerprint density at radius 1 is 1.21 bits per heavy atom. The monoisotopic (exact) mass is 275 g/mol. The fourth-order valence-electron chi connectivity index (χ4n) is 1.90. The molecule has 0 aliphatic rings.